The van der Waals surface area contributed by atoms with Crippen molar-refractivity contribution in [2.75, 3.05) is 0 Å². The Morgan fingerprint density at radius 3 is 2.68 bits per heavy atom. The van der Waals surface area contributed by atoms with Gasteiger partial charge in [0.25, 0.3) is 0 Å². The summed E-state index contributed by atoms with van der Waals surface area (Å²) >= 11 is 0. The Bertz CT molecular complexity index is 730. The Labute approximate surface area is 111 Å². The lowest BCUT2D eigenvalue weighted by Crippen LogP contribution is -1.93. The first-order chi connectivity index (χ1) is 9.15. The van der Waals surface area contributed by atoms with Gasteiger partial charge in [-0.15, -0.1) is 10.2 Å². The molecule has 0 radical (unpaired) electrons. The van der Waals surface area contributed by atoms with E-state index in [0.717, 1.165) is 16.5 Å². The van der Waals surface area contributed by atoms with Gasteiger partial charge in [-0.05, 0) is 41.0 Å². The number of aryl methyl sites for hydroxylation is 1. The molecule has 0 spiro atoms. The number of hydrogen-bond donors (Lipinski definition) is 0. The molecule has 0 aliphatic rings. The second-order valence-corrected chi connectivity index (χ2v) is 4.89. The highest BCUT2D eigenvalue weighted by Gasteiger charge is 2.09. The van der Waals surface area contributed by atoms with Crippen LogP contribution in [0.3, 0.4) is 0 Å². The van der Waals surface area contributed by atoms with Crippen LogP contribution in [0.25, 0.3) is 22.3 Å². The molecule has 96 valence electrons. The lowest BCUT2D eigenvalue weighted by atomic mass is 9.98. The third-order valence-electron chi connectivity index (χ3n) is 3.16. The molecule has 0 N–H and O–H groups in total. The maximum Gasteiger partial charge on any atom is 0.204 e. The Morgan fingerprint density at radius 2 is 2.00 bits per heavy atom. The average Bonchev–Trinajstić information content (AvgIpc) is 2.84. The number of nitrogens with zero attached hydrogens (tertiary/aromatic N) is 5. The molecule has 1 aromatic carbocycles. The van der Waals surface area contributed by atoms with E-state index in [-0.39, 0.29) is 0 Å². The van der Waals surface area contributed by atoms with Gasteiger partial charge >= 0.3 is 0 Å². The molecule has 0 saturated carbocycles. The van der Waals surface area contributed by atoms with Gasteiger partial charge in [-0.1, -0.05) is 13.8 Å². The molecule has 5 nitrogen and oxygen atoms in total. The summed E-state index contributed by atoms with van der Waals surface area (Å²) in [5.41, 5.74) is 3.25. The van der Waals surface area contributed by atoms with Crippen LogP contribution < -0.4 is 0 Å². The predicted octanol–water partition coefficient (Wildman–Crippen LogP) is 2.55. The predicted molar refractivity (Wildman–Crippen MR) is 73.6 cm³/mol. The third kappa shape index (κ3) is 2.07. The minimum absolute atomic E-state index is 0.454. The smallest absolute Gasteiger partial charge is 0.204 e. The number of pyridine rings is 1. The molecule has 0 unspecified atom stereocenters. The summed E-state index contributed by atoms with van der Waals surface area (Å²) in [6, 6.07) is 8.15. The van der Waals surface area contributed by atoms with Gasteiger partial charge in [0.05, 0.1) is 12.6 Å². The minimum atomic E-state index is 0.454. The van der Waals surface area contributed by atoms with Crippen LogP contribution in [0.1, 0.15) is 25.3 Å². The third-order valence-corrected chi connectivity index (χ3v) is 3.16. The summed E-state index contributed by atoms with van der Waals surface area (Å²) in [7, 11) is 1.76. The van der Waals surface area contributed by atoms with Crippen LogP contribution in [0.4, 0.5) is 0 Å². The molecule has 2 heterocycles. The van der Waals surface area contributed by atoms with Crippen molar-refractivity contribution in [3.05, 3.63) is 36.0 Å². The largest absolute Gasteiger partial charge is 0.256 e. The van der Waals surface area contributed by atoms with Gasteiger partial charge in [0, 0.05) is 17.1 Å². The number of aromatic nitrogens is 5. The lowest BCUT2D eigenvalue weighted by molar-refractivity contribution is 0.630. The molecule has 3 rings (SSSR count). The standard InChI is InChI=1S/C14H15N5/c1-9(2)11-6-7-15-13-5-4-10(8-12(11)13)14-16-18-19(3)17-14/h4-9H,1-3H3. The number of hydrogen-bond acceptors (Lipinski definition) is 4. The molecule has 0 bridgehead atoms. The van der Waals surface area contributed by atoms with Crippen molar-refractivity contribution in [1.82, 2.24) is 25.2 Å². The van der Waals surface area contributed by atoms with E-state index in [1.54, 1.807) is 7.05 Å². The van der Waals surface area contributed by atoms with Crippen molar-refractivity contribution >= 4 is 10.9 Å². The molecular formula is C14H15N5. The molecule has 3 aromatic rings. The number of rotatable bonds is 2. The second kappa shape index (κ2) is 4.42. The Hall–Kier alpha value is -2.30. The zero-order valence-corrected chi connectivity index (χ0v) is 11.2. The van der Waals surface area contributed by atoms with Crippen molar-refractivity contribution in [3.8, 4) is 11.4 Å². The topological polar surface area (TPSA) is 56.5 Å². The maximum atomic E-state index is 4.40. The SMILES string of the molecule is CC(C)c1ccnc2ccc(-c3nnn(C)n3)cc12. The molecule has 5 heteroatoms. The van der Waals surface area contributed by atoms with Gasteiger partial charge in [0.1, 0.15) is 0 Å². The molecule has 0 aliphatic heterocycles. The lowest BCUT2D eigenvalue weighted by Gasteiger charge is -2.09. The van der Waals surface area contributed by atoms with Crippen molar-refractivity contribution < 1.29 is 0 Å². The van der Waals surface area contributed by atoms with E-state index >= 15 is 0 Å². The summed E-state index contributed by atoms with van der Waals surface area (Å²) in [5.74, 6) is 1.10. The first kappa shape index (κ1) is 11.8. The van der Waals surface area contributed by atoms with Gasteiger partial charge < -0.3 is 0 Å². The first-order valence-electron chi connectivity index (χ1n) is 6.28. The van der Waals surface area contributed by atoms with Gasteiger partial charge in [0.15, 0.2) is 0 Å². The van der Waals surface area contributed by atoms with Crippen LogP contribution in [0.15, 0.2) is 30.5 Å². The molecule has 0 saturated heterocycles. The van der Waals surface area contributed by atoms with Crippen molar-refractivity contribution in [1.29, 1.82) is 0 Å². The van der Waals surface area contributed by atoms with Gasteiger partial charge in [-0.25, -0.2) is 0 Å². The fraction of sp³-hybridized carbons (Fsp3) is 0.286. The number of tetrazole rings is 1. The molecule has 0 atom stereocenters. The first-order valence-corrected chi connectivity index (χ1v) is 6.28. The van der Waals surface area contributed by atoms with E-state index in [1.165, 1.54) is 10.4 Å². The Morgan fingerprint density at radius 1 is 1.16 bits per heavy atom. The molecular weight excluding hydrogens is 238 g/mol. The van der Waals surface area contributed by atoms with Crippen LogP contribution in [-0.4, -0.2) is 25.2 Å². The number of fused-ring (bicyclic) bond motifs is 1. The van der Waals surface area contributed by atoms with Crippen molar-refractivity contribution in [2.45, 2.75) is 19.8 Å². The van der Waals surface area contributed by atoms with E-state index in [4.69, 9.17) is 0 Å². The van der Waals surface area contributed by atoms with E-state index in [0.29, 0.717) is 11.7 Å². The second-order valence-electron chi connectivity index (χ2n) is 4.89. The van der Waals surface area contributed by atoms with Gasteiger partial charge in [-0.2, -0.15) is 4.80 Å². The zero-order chi connectivity index (χ0) is 13.4. The van der Waals surface area contributed by atoms with Crippen LogP contribution in [0, 0.1) is 0 Å². The summed E-state index contributed by atoms with van der Waals surface area (Å²) in [6.45, 7) is 4.37. The fourth-order valence-corrected chi connectivity index (χ4v) is 2.21. The molecule has 19 heavy (non-hydrogen) atoms. The number of benzene rings is 1. The van der Waals surface area contributed by atoms with Crippen LogP contribution in [0.5, 0.6) is 0 Å². The Balaban J connectivity index is 2.21. The zero-order valence-electron chi connectivity index (χ0n) is 11.2. The minimum Gasteiger partial charge on any atom is -0.256 e. The fourth-order valence-electron chi connectivity index (χ4n) is 2.21. The highest BCUT2D eigenvalue weighted by molar-refractivity contribution is 5.86. The normalized spacial score (nSPS) is 11.4. The van der Waals surface area contributed by atoms with Crippen LogP contribution >= 0.6 is 0 Å². The van der Waals surface area contributed by atoms with Crippen molar-refractivity contribution in [3.63, 3.8) is 0 Å². The van der Waals surface area contributed by atoms with E-state index in [9.17, 15) is 0 Å². The summed E-state index contributed by atoms with van der Waals surface area (Å²) in [5, 5.41) is 13.3. The average molecular weight is 253 g/mol. The molecule has 2 aromatic heterocycles. The summed E-state index contributed by atoms with van der Waals surface area (Å²) in [6.07, 6.45) is 1.86. The summed E-state index contributed by atoms with van der Waals surface area (Å²) < 4.78 is 0. The molecule has 0 fully saturated rings. The van der Waals surface area contributed by atoms with E-state index < -0.39 is 0 Å². The van der Waals surface area contributed by atoms with E-state index in [2.05, 4.69) is 46.4 Å². The maximum absolute atomic E-state index is 4.40. The molecule has 0 aliphatic carbocycles. The Kier molecular flexibility index (Phi) is 2.74. The van der Waals surface area contributed by atoms with E-state index in [1.807, 2.05) is 18.3 Å². The highest BCUT2D eigenvalue weighted by atomic mass is 15.6. The highest BCUT2D eigenvalue weighted by Crippen LogP contribution is 2.27. The van der Waals surface area contributed by atoms with Crippen LogP contribution in [-0.2, 0) is 7.05 Å². The monoisotopic (exact) mass is 253 g/mol. The summed E-state index contributed by atoms with van der Waals surface area (Å²) in [4.78, 5) is 5.87. The van der Waals surface area contributed by atoms with Gasteiger partial charge in [-0.3, -0.25) is 4.98 Å². The quantitative estimate of drug-likeness (QED) is 0.704. The molecule has 0 amide bonds. The van der Waals surface area contributed by atoms with Crippen molar-refractivity contribution in [2.24, 2.45) is 7.05 Å². The van der Waals surface area contributed by atoms with Crippen LogP contribution in [0.2, 0.25) is 0 Å². The van der Waals surface area contributed by atoms with Gasteiger partial charge in [0.2, 0.25) is 5.82 Å².